The number of aryl methyl sites for hydroxylation is 2. The van der Waals surface area contributed by atoms with Gasteiger partial charge in [0.05, 0.1) is 12.6 Å². The van der Waals surface area contributed by atoms with E-state index in [2.05, 4.69) is 17.5 Å². The van der Waals surface area contributed by atoms with Crippen molar-refractivity contribution < 1.29 is 9.53 Å². The lowest BCUT2D eigenvalue weighted by atomic mass is 9.83. The summed E-state index contributed by atoms with van der Waals surface area (Å²) in [6.07, 6.45) is 4.68. The van der Waals surface area contributed by atoms with Gasteiger partial charge in [-0.1, -0.05) is 25.3 Å². The first kappa shape index (κ1) is 19.3. The number of nitrogens with one attached hydrogen (secondary N) is 1. The zero-order valence-electron chi connectivity index (χ0n) is 15.6. The van der Waals surface area contributed by atoms with E-state index in [9.17, 15) is 10.1 Å². The van der Waals surface area contributed by atoms with Crippen molar-refractivity contribution in [3.05, 3.63) is 29.3 Å². The fraction of sp³-hybridized carbons (Fsp3) is 0.600. The third-order valence-corrected chi connectivity index (χ3v) is 4.65. The van der Waals surface area contributed by atoms with E-state index in [1.54, 1.807) is 0 Å². The molecule has 25 heavy (non-hydrogen) atoms. The van der Waals surface area contributed by atoms with Crippen LogP contribution in [0.4, 0.5) is 0 Å². The predicted octanol–water partition coefficient (Wildman–Crippen LogP) is 2.96. The number of likely N-dealkylation sites (N-methyl/N-ethyl adjacent to an activating group) is 1. The van der Waals surface area contributed by atoms with Gasteiger partial charge in [0.25, 0.3) is 0 Å². The number of hydrogen-bond acceptors (Lipinski definition) is 4. The summed E-state index contributed by atoms with van der Waals surface area (Å²) in [4.78, 5) is 14.2. The lowest BCUT2D eigenvalue weighted by molar-refractivity contribution is -0.123. The second-order valence-corrected chi connectivity index (χ2v) is 7.21. The second-order valence-electron chi connectivity index (χ2n) is 7.21. The van der Waals surface area contributed by atoms with Crippen molar-refractivity contribution in [2.24, 2.45) is 0 Å². The van der Waals surface area contributed by atoms with Crippen molar-refractivity contribution in [3.8, 4) is 11.8 Å². The number of hydrogen-bond donors (Lipinski definition) is 1. The van der Waals surface area contributed by atoms with E-state index in [1.165, 1.54) is 11.1 Å². The Labute approximate surface area is 151 Å². The maximum atomic E-state index is 12.3. The minimum atomic E-state index is -0.661. The van der Waals surface area contributed by atoms with Gasteiger partial charge in [0.15, 0.2) is 0 Å². The van der Waals surface area contributed by atoms with Crippen LogP contribution in [0, 0.1) is 25.2 Å². The molecule has 0 spiro atoms. The van der Waals surface area contributed by atoms with Crippen molar-refractivity contribution in [2.45, 2.75) is 51.5 Å². The number of amides is 1. The monoisotopic (exact) mass is 343 g/mol. The molecule has 0 heterocycles. The molecule has 0 bridgehead atoms. The molecule has 5 heteroatoms. The van der Waals surface area contributed by atoms with Crippen LogP contribution in [0.3, 0.4) is 0 Å². The van der Waals surface area contributed by atoms with Crippen LogP contribution in [-0.4, -0.2) is 43.1 Å². The second kappa shape index (κ2) is 8.87. The molecule has 1 aliphatic carbocycles. The molecule has 0 atom stereocenters. The summed E-state index contributed by atoms with van der Waals surface area (Å²) < 4.78 is 5.79. The first-order valence-corrected chi connectivity index (χ1v) is 9.04. The van der Waals surface area contributed by atoms with E-state index in [0.717, 1.165) is 37.9 Å². The molecular formula is C20H29N3O2. The summed E-state index contributed by atoms with van der Waals surface area (Å²) in [5, 5.41) is 12.4. The quantitative estimate of drug-likeness (QED) is 0.827. The van der Waals surface area contributed by atoms with Crippen LogP contribution in [0.25, 0.3) is 0 Å². The highest BCUT2D eigenvalue weighted by molar-refractivity contribution is 5.79. The number of nitrogens with zero attached hydrogens (tertiary/aromatic N) is 2. The molecule has 5 nitrogen and oxygen atoms in total. The van der Waals surface area contributed by atoms with Crippen LogP contribution < -0.4 is 10.1 Å². The average Bonchev–Trinajstić information content (AvgIpc) is 2.54. The van der Waals surface area contributed by atoms with Gasteiger partial charge in [-0.15, -0.1) is 0 Å². The number of ether oxygens (including phenoxy) is 1. The summed E-state index contributed by atoms with van der Waals surface area (Å²) in [7, 11) is 1.89. The third kappa shape index (κ3) is 6.06. The minimum absolute atomic E-state index is 0.0858. The number of benzene rings is 1. The van der Waals surface area contributed by atoms with Crippen LogP contribution in [0.2, 0.25) is 0 Å². The molecule has 1 fully saturated rings. The van der Waals surface area contributed by atoms with Crippen LogP contribution in [0.15, 0.2) is 18.2 Å². The molecule has 0 radical (unpaired) electrons. The lowest BCUT2D eigenvalue weighted by Gasteiger charge is -2.32. The predicted molar refractivity (Wildman–Crippen MR) is 98.5 cm³/mol. The Bertz CT molecular complexity index is 610. The molecule has 1 amide bonds. The highest BCUT2D eigenvalue weighted by Crippen LogP contribution is 2.27. The molecular weight excluding hydrogens is 314 g/mol. The summed E-state index contributed by atoms with van der Waals surface area (Å²) in [6.45, 7) is 5.55. The number of rotatable bonds is 7. The van der Waals surface area contributed by atoms with Gasteiger partial charge in [0.1, 0.15) is 17.9 Å². The van der Waals surface area contributed by atoms with Crippen molar-refractivity contribution in [2.75, 3.05) is 26.7 Å². The van der Waals surface area contributed by atoms with E-state index in [1.807, 2.05) is 37.9 Å². The average molecular weight is 343 g/mol. The molecule has 1 N–H and O–H groups in total. The first-order valence-electron chi connectivity index (χ1n) is 9.04. The van der Waals surface area contributed by atoms with Crippen molar-refractivity contribution in [1.29, 1.82) is 5.26 Å². The van der Waals surface area contributed by atoms with Crippen molar-refractivity contribution in [1.82, 2.24) is 10.2 Å². The Morgan fingerprint density at radius 3 is 2.48 bits per heavy atom. The Morgan fingerprint density at radius 1 is 1.24 bits per heavy atom. The minimum Gasteiger partial charge on any atom is -0.492 e. The van der Waals surface area contributed by atoms with Crippen LogP contribution >= 0.6 is 0 Å². The van der Waals surface area contributed by atoms with Gasteiger partial charge in [0, 0.05) is 6.54 Å². The van der Waals surface area contributed by atoms with Crippen LogP contribution in [-0.2, 0) is 4.79 Å². The molecule has 1 saturated carbocycles. The van der Waals surface area contributed by atoms with Gasteiger partial charge in [-0.3, -0.25) is 9.69 Å². The lowest BCUT2D eigenvalue weighted by Crippen LogP contribution is -2.51. The summed E-state index contributed by atoms with van der Waals surface area (Å²) >= 11 is 0. The molecule has 1 aliphatic rings. The van der Waals surface area contributed by atoms with E-state index >= 15 is 0 Å². The van der Waals surface area contributed by atoms with E-state index in [-0.39, 0.29) is 12.5 Å². The van der Waals surface area contributed by atoms with E-state index in [4.69, 9.17) is 4.74 Å². The maximum absolute atomic E-state index is 12.3. The number of carbonyl (C=O) groups excluding carboxylic acids is 1. The normalized spacial score (nSPS) is 16.3. The maximum Gasteiger partial charge on any atom is 0.235 e. The number of nitriles is 1. The molecule has 1 aromatic carbocycles. The van der Waals surface area contributed by atoms with Crippen LogP contribution in [0.1, 0.15) is 43.2 Å². The standard InChI is InChI=1S/C20H29N3O2/c1-16-11-17(2)13-18(12-16)25-10-9-23(3)14-19(24)22-20(15-21)7-5-4-6-8-20/h11-13H,4-10,14H2,1-3H3,(H,22,24). The highest BCUT2D eigenvalue weighted by Gasteiger charge is 2.33. The Kier molecular flexibility index (Phi) is 6.83. The molecule has 2 rings (SSSR count). The van der Waals surface area contributed by atoms with Crippen LogP contribution in [0.5, 0.6) is 5.75 Å². The third-order valence-electron chi connectivity index (χ3n) is 4.65. The van der Waals surface area contributed by atoms with Gasteiger partial charge in [-0.05, 0) is 57.0 Å². The summed E-state index contributed by atoms with van der Waals surface area (Å²) in [5.41, 5.74) is 1.69. The van der Waals surface area contributed by atoms with Gasteiger partial charge in [0.2, 0.25) is 5.91 Å². The molecule has 136 valence electrons. The topological polar surface area (TPSA) is 65.4 Å². The summed E-state index contributed by atoms with van der Waals surface area (Å²) in [5.74, 6) is 0.776. The van der Waals surface area contributed by atoms with Crippen molar-refractivity contribution >= 4 is 5.91 Å². The Hall–Kier alpha value is -2.06. The molecule has 0 aliphatic heterocycles. The van der Waals surface area contributed by atoms with Gasteiger partial charge in [-0.2, -0.15) is 5.26 Å². The number of carbonyl (C=O) groups is 1. The van der Waals surface area contributed by atoms with Crippen molar-refractivity contribution in [3.63, 3.8) is 0 Å². The Balaban J connectivity index is 1.75. The van der Waals surface area contributed by atoms with Gasteiger partial charge in [-0.25, -0.2) is 0 Å². The highest BCUT2D eigenvalue weighted by atomic mass is 16.5. The van der Waals surface area contributed by atoms with E-state index in [0.29, 0.717) is 13.2 Å². The molecule has 0 aromatic heterocycles. The zero-order valence-corrected chi connectivity index (χ0v) is 15.6. The Morgan fingerprint density at radius 2 is 1.88 bits per heavy atom. The van der Waals surface area contributed by atoms with E-state index < -0.39 is 5.54 Å². The fourth-order valence-corrected chi connectivity index (χ4v) is 3.39. The SMILES string of the molecule is Cc1cc(C)cc(OCCN(C)CC(=O)NC2(C#N)CCCCC2)c1. The molecule has 0 unspecified atom stereocenters. The largest absolute Gasteiger partial charge is 0.492 e. The fourth-order valence-electron chi connectivity index (χ4n) is 3.39. The smallest absolute Gasteiger partial charge is 0.235 e. The molecule has 1 aromatic rings. The molecule has 0 saturated heterocycles. The van der Waals surface area contributed by atoms with Gasteiger partial charge < -0.3 is 10.1 Å². The summed E-state index contributed by atoms with van der Waals surface area (Å²) in [6, 6.07) is 8.46. The zero-order chi connectivity index (χ0) is 18.3. The first-order chi connectivity index (χ1) is 11.9. The van der Waals surface area contributed by atoms with Gasteiger partial charge >= 0.3 is 0 Å².